The highest BCUT2D eigenvalue weighted by molar-refractivity contribution is 7.13. The molecule has 0 aliphatic heterocycles. The van der Waals surface area contributed by atoms with E-state index in [4.69, 9.17) is 5.73 Å². The van der Waals surface area contributed by atoms with Crippen LogP contribution < -0.4 is 5.73 Å². The lowest BCUT2D eigenvalue weighted by Gasteiger charge is -2.16. The number of likely N-dealkylation sites (N-methyl/N-ethyl adjacent to an activating group) is 1. The molecule has 3 nitrogen and oxygen atoms in total. The highest BCUT2D eigenvalue weighted by Crippen LogP contribution is 2.11. The van der Waals surface area contributed by atoms with Crippen LogP contribution in [0.15, 0.2) is 5.38 Å². The van der Waals surface area contributed by atoms with Crippen LogP contribution in [0, 0.1) is 5.92 Å². The molecule has 0 atom stereocenters. The summed E-state index contributed by atoms with van der Waals surface area (Å²) in [6.07, 6.45) is 2.26. The fourth-order valence-electron chi connectivity index (χ4n) is 1.33. The summed E-state index contributed by atoms with van der Waals surface area (Å²) in [5.41, 5.74) is 6.70. The van der Waals surface area contributed by atoms with Gasteiger partial charge in [-0.1, -0.05) is 13.8 Å². The summed E-state index contributed by atoms with van der Waals surface area (Å²) in [5.74, 6) is 0.780. The number of rotatable bonds is 6. The lowest BCUT2D eigenvalue weighted by Crippen LogP contribution is -2.23. The minimum Gasteiger partial charge on any atom is -0.375 e. The summed E-state index contributed by atoms with van der Waals surface area (Å²) < 4.78 is 0. The molecule has 0 saturated heterocycles. The van der Waals surface area contributed by atoms with Gasteiger partial charge in [0, 0.05) is 18.3 Å². The maximum absolute atomic E-state index is 5.58. The molecule has 0 saturated carbocycles. The van der Waals surface area contributed by atoms with Crippen LogP contribution in [0.3, 0.4) is 0 Å². The highest BCUT2D eigenvalue weighted by atomic mass is 32.1. The van der Waals surface area contributed by atoms with E-state index in [1.165, 1.54) is 17.8 Å². The first-order valence-corrected chi connectivity index (χ1v) is 6.34. The third-order valence-corrected chi connectivity index (χ3v) is 3.13. The smallest absolute Gasteiger partial charge is 0.180 e. The average Bonchev–Trinajstić information content (AvgIpc) is 2.58. The Labute approximate surface area is 96.3 Å². The van der Waals surface area contributed by atoms with Crippen LogP contribution in [0.1, 0.15) is 26.0 Å². The summed E-state index contributed by atoms with van der Waals surface area (Å²) in [7, 11) is 2.16. The van der Waals surface area contributed by atoms with Crippen LogP contribution in [0.5, 0.6) is 0 Å². The van der Waals surface area contributed by atoms with Crippen LogP contribution in [-0.4, -0.2) is 30.0 Å². The van der Waals surface area contributed by atoms with E-state index in [1.807, 2.05) is 5.38 Å². The molecule has 1 aromatic rings. The molecule has 0 bridgehead atoms. The second kappa shape index (κ2) is 6.08. The van der Waals surface area contributed by atoms with Gasteiger partial charge >= 0.3 is 0 Å². The van der Waals surface area contributed by atoms with Gasteiger partial charge in [-0.2, -0.15) is 0 Å². The molecule has 1 heterocycles. The van der Waals surface area contributed by atoms with Crippen molar-refractivity contribution in [1.82, 2.24) is 9.88 Å². The molecule has 4 heteroatoms. The Kier molecular flexibility index (Phi) is 5.05. The van der Waals surface area contributed by atoms with E-state index in [1.54, 1.807) is 0 Å². The Bertz CT molecular complexity index is 283. The van der Waals surface area contributed by atoms with Crippen LogP contribution in [0.25, 0.3) is 0 Å². The molecule has 2 N–H and O–H groups in total. The zero-order valence-corrected chi connectivity index (χ0v) is 10.7. The number of nitrogens with two attached hydrogens (primary N) is 1. The quantitative estimate of drug-likeness (QED) is 0.810. The van der Waals surface area contributed by atoms with Gasteiger partial charge in [-0.25, -0.2) is 4.98 Å². The average molecular weight is 227 g/mol. The van der Waals surface area contributed by atoms with Crippen molar-refractivity contribution in [1.29, 1.82) is 0 Å². The van der Waals surface area contributed by atoms with Gasteiger partial charge in [-0.3, -0.25) is 0 Å². The summed E-state index contributed by atoms with van der Waals surface area (Å²) in [6.45, 7) is 6.75. The number of hydrogen-bond acceptors (Lipinski definition) is 4. The first kappa shape index (κ1) is 12.5. The van der Waals surface area contributed by atoms with Crippen LogP contribution in [0.4, 0.5) is 5.13 Å². The molecule has 15 heavy (non-hydrogen) atoms. The van der Waals surface area contributed by atoms with E-state index in [0.29, 0.717) is 5.13 Å². The molecule has 0 amide bonds. The van der Waals surface area contributed by atoms with Gasteiger partial charge in [0.1, 0.15) is 0 Å². The van der Waals surface area contributed by atoms with E-state index in [0.717, 1.165) is 31.1 Å². The number of nitrogen functional groups attached to an aromatic ring is 1. The fraction of sp³-hybridized carbons (Fsp3) is 0.727. The van der Waals surface area contributed by atoms with Crippen molar-refractivity contribution in [3.8, 4) is 0 Å². The largest absolute Gasteiger partial charge is 0.375 e. The number of aromatic nitrogens is 1. The minimum atomic E-state index is 0.676. The SMILES string of the molecule is CC(C)CCN(C)CCc1csc(N)n1. The Morgan fingerprint density at radius 3 is 2.73 bits per heavy atom. The lowest BCUT2D eigenvalue weighted by molar-refractivity contribution is 0.313. The van der Waals surface area contributed by atoms with Gasteiger partial charge in [0.2, 0.25) is 0 Å². The monoisotopic (exact) mass is 227 g/mol. The first-order valence-electron chi connectivity index (χ1n) is 5.46. The van der Waals surface area contributed by atoms with Crippen molar-refractivity contribution < 1.29 is 0 Å². The molecular formula is C11H21N3S. The minimum absolute atomic E-state index is 0.676. The molecule has 0 radical (unpaired) electrons. The van der Waals surface area contributed by atoms with E-state index in [2.05, 4.69) is 30.8 Å². The Morgan fingerprint density at radius 1 is 1.47 bits per heavy atom. The molecule has 1 aromatic heterocycles. The Balaban J connectivity index is 2.19. The normalized spacial score (nSPS) is 11.5. The molecule has 1 rings (SSSR count). The van der Waals surface area contributed by atoms with Crippen molar-refractivity contribution >= 4 is 16.5 Å². The summed E-state index contributed by atoms with van der Waals surface area (Å²) in [4.78, 5) is 6.60. The van der Waals surface area contributed by atoms with Crippen LogP contribution >= 0.6 is 11.3 Å². The van der Waals surface area contributed by atoms with Crippen LogP contribution in [0.2, 0.25) is 0 Å². The third-order valence-electron chi connectivity index (χ3n) is 2.41. The van der Waals surface area contributed by atoms with E-state index >= 15 is 0 Å². The molecule has 0 aliphatic rings. The van der Waals surface area contributed by atoms with Gasteiger partial charge in [-0.15, -0.1) is 11.3 Å². The highest BCUT2D eigenvalue weighted by Gasteiger charge is 2.03. The van der Waals surface area contributed by atoms with Gasteiger partial charge in [-0.05, 0) is 25.9 Å². The molecule has 0 fully saturated rings. The summed E-state index contributed by atoms with van der Waals surface area (Å²) >= 11 is 1.52. The van der Waals surface area contributed by atoms with Crippen molar-refractivity contribution in [2.45, 2.75) is 26.7 Å². The third kappa shape index (κ3) is 5.14. The zero-order valence-electron chi connectivity index (χ0n) is 9.86. The standard InChI is InChI=1S/C11H21N3S/c1-9(2)4-6-14(3)7-5-10-8-15-11(12)13-10/h8-9H,4-7H2,1-3H3,(H2,12,13). The summed E-state index contributed by atoms with van der Waals surface area (Å²) in [5, 5.41) is 2.72. The predicted molar refractivity (Wildman–Crippen MR) is 67.2 cm³/mol. The molecular weight excluding hydrogens is 206 g/mol. The number of anilines is 1. The molecule has 0 aromatic carbocycles. The maximum atomic E-state index is 5.58. The van der Waals surface area contributed by atoms with E-state index in [-0.39, 0.29) is 0 Å². The zero-order chi connectivity index (χ0) is 11.3. The Hall–Kier alpha value is -0.610. The van der Waals surface area contributed by atoms with E-state index in [9.17, 15) is 0 Å². The van der Waals surface area contributed by atoms with Crippen molar-refractivity contribution in [2.75, 3.05) is 25.9 Å². The van der Waals surface area contributed by atoms with Gasteiger partial charge in [0.05, 0.1) is 5.69 Å². The molecule has 86 valence electrons. The first-order chi connectivity index (χ1) is 7.08. The predicted octanol–water partition coefficient (Wildman–Crippen LogP) is 2.25. The van der Waals surface area contributed by atoms with Crippen molar-refractivity contribution in [2.24, 2.45) is 5.92 Å². The van der Waals surface area contributed by atoms with E-state index < -0.39 is 0 Å². The van der Waals surface area contributed by atoms with Gasteiger partial charge < -0.3 is 10.6 Å². The van der Waals surface area contributed by atoms with Gasteiger partial charge in [0.15, 0.2) is 5.13 Å². The number of thiazole rings is 1. The summed E-state index contributed by atoms with van der Waals surface area (Å²) in [6, 6.07) is 0. The molecule has 0 spiro atoms. The molecule has 0 aliphatic carbocycles. The second-order valence-electron chi connectivity index (χ2n) is 4.41. The van der Waals surface area contributed by atoms with Gasteiger partial charge in [0.25, 0.3) is 0 Å². The maximum Gasteiger partial charge on any atom is 0.180 e. The number of hydrogen-bond donors (Lipinski definition) is 1. The van der Waals surface area contributed by atoms with Crippen molar-refractivity contribution in [3.63, 3.8) is 0 Å². The van der Waals surface area contributed by atoms with Crippen molar-refractivity contribution in [3.05, 3.63) is 11.1 Å². The number of nitrogens with zero attached hydrogens (tertiary/aromatic N) is 2. The fourth-order valence-corrected chi connectivity index (χ4v) is 1.93. The molecule has 0 unspecified atom stereocenters. The second-order valence-corrected chi connectivity index (χ2v) is 5.30. The Morgan fingerprint density at radius 2 is 2.20 bits per heavy atom. The topological polar surface area (TPSA) is 42.1 Å². The lowest BCUT2D eigenvalue weighted by atomic mass is 10.1. The van der Waals surface area contributed by atoms with Crippen LogP contribution in [-0.2, 0) is 6.42 Å².